The van der Waals surface area contributed by atoms with E-state index in [1.165, 1.54) is 6.07 Å². The second-order valence-corrected chi connectivity index (χ2v) is 4.95. The molecule has 2 nitrogen and oxygen atoms in total. The van der Waals surface area contributed by atoms with Crippen LogP contribution in [-0.4, -0.2) is 5.11 Å². The molecule has 1 aliphatic rings. The Bertz CT molecular complexity index is 622. The molecule has 0 aliphatic carbocycles. The summed E-state index contributed by atoms with van der Waals surface area (Å²) in [5.74, 6) is -0.380. The minimum atomic E-state index is -0.939. The Labute approximate surface area is 111 Å². The molecule has 1 heterocycles. The van der Waals surface area contributed by atoms with Crippen LogP contribution in [-0.2, 0) is 18.0 Å². The molecule has 2 aromatic carbocycles. The summed E-state index contributed by atoms with van der Waals surface area (Å²) in [4.78, 5) is 0. The molecule has 0 saturated carbocycles. The highest BCUT2D eigenvalue weighted by atomic mass is 19.1. The molecule has 0 radical (unpaired) electrons. The van der Waals surface area contributed by atoms with Gasteiger partial charge in [0, 0.05) is 5.56 Å². The first-order valence-electron chi connectivity index (χ1n) is 6.29. The molecule has 98 valence electrons. The summed E-state index contributed by atoms with van der Waals surface area (Å²) < 4.78 is 19.1. The van der Waals surface area contributed by atoms with Gasteiger partial charge in [-0.05, 0) is 29.7 Å². The zero-order chi connectivity index (χ0) is 13.4. The lowest BCUT2D eigenvalue weighted by molar-refractivity contribution is 0.134. The third-order valence-electron chi connectivity index (χ3n) is 3.51. The fraction of sp³-hybridized carbons (Fsp3) is 0.250. The highest BCUT2D eigenvalue weighted by Gasteiger charge is 2.18. The van der Waals surface area contributed by atoms with E-state index in [-0.39, 0.29) is 5.82 Å². The molecule has 2 aromatic rings. The number of benzene rings is 2. The summed E-state index contributed by atoms with van der Waals surface area (Å²) in [6, 6.07) is 10.4. The molecule has 0 saturated heterocycles. The average Bonchev–Trinajstić information content (AvgIpc) is 2.88. The summed E-state index contributed by atoms with van der Waals surface area (Å²) >= 11 is 0. The Morgan fingerprint density at radius 2 is 1.89 bits per heavy atom. The number of rotatable bonds is 2. The molecule has 0 aromatic heterocycles. The zero-order valence-corrected chi connectivity index (χ0v) is 10.7. The summed E-state index contributed by atoms with van der Waals surface area (Å²) in [6.07, 6.45) is -0.939. The van der Waals surface area contributed by atoms with E-state index < -0.39 is 6.10 Å². The molecular weight excluding hydrogens is 243 g/mol. The van der Waals surface area contributed by atoms with Crippen molar-refractivity contribution in [2.75, 3.05) is 0 Å². The zero-order valence-electron chi connectivity index (χ0n) is 10.7. The second-order valence-electron chi connectivity index (χ2n) is 4.95. The van der Waals surface area contributed by atoms with Crippen molar-refractivity contribution in [3.8, 4) is 0 Å². The van der Waals surface area contributed by atoms with Crippen LogP contribution in [0.25, 0.3) is 0 Å². The minimum absolute atomic E-state index is 0.318. The standard InChI is InChI=1S/C16H15FO2/c1-10-2-5-15(17)14(6-10)16(18)11-3-4-12-8-19-9-13(12)7-11/h2-7,16,18H,8-9H2,1H3. The first kappa shape index (κ1) is 12.3. The maximum absolute atomic E-state index is 13.8. The quantitative estimate of drug-likeness (QED) is 0.896. The fourth-order valence-corrected chi connectivity index (χ4v) is 2.41. The van der Waals surface area contributed by atoms with Crippen LogP contribution >= 0.6 is 0 Å². The number of hydrogen-bond acceptors (Lipinski definition) is 2. The molecule has 0 bridgehead atoms. The SMILES string of the molecule is Cc1ccc(F)c(C(O)c2ccc3c(c2)COC3)c1. The Morgan fingerprint density at radius 1 is 1.11 bits per heavy atom. The number of fused-ring (bicyclic) bond motifs is 1. The molecule has 1 N–H and O–H groups in total. The van der Waals surface area contributed by atoms with E-state index in [2.05, 4.69) is 0 Å². The number of aryl methyl sites for hydroxylation is 1. The molecule has 1 aliphatic heterocycles. The average molecular weight is 258 g/mol. The normalized spacial score (nSPS) is 15.3. The van der Waals surface area contributed by atoms with Gasteiger partial charge in [-0.1, -0.05) is 35.9 Å². The second kappa shape index (κ2) is 4.76. The molecule has 3 rings (SSSR count). The van der Waals surface area contributed by atoms with Gasteiger partial charge in [0.05, 0.1) is 13.2 Å². The van der Waals surface area contributed by atoms with E-state index >= 15 is 0 Å². The summed E-state index contributed by atoms with van der Waals surface area (Å²) in [5.41, 5.74) is 4.16. The lowest BCUT2D eigenvalue weighted by atomic mass is 9.96. The van der Waals surface area contributed by atoms with E-state index in [4.69, 9.17) is 4.74 Å². The summed E-state index contributed by atoms with van der Waals surface area (Å²) in [7, 11) is 0. The molecule has 0 spiro atoms. The predicted molar refractivity (Wildman–Crippen MR) is 70.1 cm³/mol. The molecule has 0 fully saturated rings. The van der Waals surface area contributed by atoms with Gasteiger partial charge >= 0.3 is 0 Å². The van der Waals surface area contributed by atoms with Crippen LogP contribution < -0.4 is 0 Å². The van der Waals surface area contributed by atoms with Gasteiger partial charge < -0.3 is 9.84 Å². The largest absolute Gasteiger partial charge is 0.384 e. The summed E-state index contributed by atoms with van der Waals surface area (Å²) in [6.45, 7) is 3.06. The Kier molecular flexibility index (Phi) is 3.09. The van der Waals surface area contributed by atoms with Crippen molar-refractivity contribution >= 4 is 0 Å². The third kappa shape index (κ3) is 2.27. The van der Waals surface area contributed by atoms with Crippen molar-refractivity contribution in [3.63, 3.8) is 0 Å². The summed E-state index contributed by atoms with van der Waals surface area (Å²) in [5, 5.41) is 10.3. The van der Waals surface area contributed by atoms with Crippen molar-refractivity contribution in [3.05, 3.63) is 70.0 Å². The van der Waals surface area contributed by atoms with Gasteiger partial charge in [-0.3, -0.25) is 0 Å². The van der Waals surface area contributed by atoms with E-state index in [0.717, 1.165) is 16.7 Å². The van der Waals surface area contributed by atoms with Crippen molar-refractivity contribution in [1.29, 1.82) is 0 Å². The lowest BCUT2D eigenvalue weighted by Gasteiger charge is -2.14. The van der Waals surface area contributed by atoms with Crippen molar-refractivity contribution in [2.45, 2.75) is 26.2 Å². The molecule has 19 heavy (non-hydrogen) atoms. The van der Waals surface area contributed by atoms with E-state index in [1.54, 1.807) is 12.1 Å². The van der Waals surface area contributed by atoms with Crippen molar-refractivity contribution < 1.29 is 14.2 Å². The Balaban J connectivity index is 1.99. The molecular formula is C16H15FO2. The molecule has 1 unspecified atom stereocenters. The number of aliphatic hydroxyl groups excluding tert-OH is 1. The lowest BCUT2D eigenvalue weighted by Crippen LogP contribution is -2.04. The highest BCUT2D eigenvalue weighted by Crippen LogP contribution is 2.29. The number of halogens is 1. The van der Waals surface area contributed by atoms with Gasteiger partial charge in [0.25, 0.3) is 0 Å². The van der Waals surface area contributed by atoms with Crippen LogP contribution in [0, 0.1) is 12.7 Å². The first-order valence-corrected chi connectivity index (χ1v) is 6.29. The van der Waals surface area contributed by atoms with Crippen LogP contribution in [0.15, 0.2) is 36.4 Å². The van der Waals surface area contributed by atoms with E-state index in [9.17, 15) is 9.50 Å². The minimum Gasteiger partial charge on any atom is -0.384 e. The number of ether oxygens (including phenoxy) is 1. The fourth-order valence-electron chi connectivity index (χ4n) is 2.41. The first-order chi connectivity index (χ1) is 9.15. The monoisotopic (exact) mass is 258 g/mol. The van der Waals surface area contributed by atoms with Gasteiger partial charge in [-0.2, -0.15) is 0 Å². The molecule has 1 atom stereocenters. The maximum atomic E-state index is 13.8. The Hall–Kier alpha value is -1.71. The maximum Gasteiger partial charge on any atom is 0.129 e. The van der Waals surface area contributed by atoms with Crippen LogP contribution in [0.2, 0.25) is 0 Å². The van der Waals surface area contributed by atoms with Crippen LogP contribution in [0.3, 0.4) is 0 Å². The highest BCUT2D eigenvalue weighted by molar-refractivity contribution is 5.39. The predicted octanol–water partition coefficient (Wildman–Crippen LogP) is 3.25. The van der Waals surface area contributed by atoms with Crippen LogP contribution in [0.5, 0.6) is 0 Å². The molecule has 0 amide bonds. The van der Waals surface area contributed by atoms with Crippen LogP contribution in [0.1, 0.15) is 33.9 Å². The van der Waals surface area contributed by atoms with Crippen molar-refractivity contribution in [1.82, 2.24) is 0 Å². The van der Waals surface area contributed by atoms with Gasteiger partial charge in [-0.25, -0.2) is 4.39 Å². The van der Waals surface area contributed by atoms with E-state index in [0.29, 0.717) is 24.3 Å². The van der Waals surface area contributed by atoms with Crippen molar-refractivity contribution in [2.24, 2.45) is 0 Å². The topological polar surface area (TPSA) is 29.5 Å². The number of hydrogen-bond donors (Lipinski definition) is 1. The van der Waals surface area contributed by atoms with Crippen LogP contribution in [0.4, 0.5) is 4.39 Å². The smallest absolute Gasteiger partial charge is 0.129 e. The van der Waals surface area contributed by atoms with Gasteiger partial charge in [-0.15, -0.1) is 0 Å². The van der Waals surface area contributed by atoms with Gasteiger partial charge in [0.1, 0.15) is 11.9 Å². The van der Waals surface area contributed by atoms with Gasteiger partial charge in [0.2, 0.25) is 0 Å². The van der Waals surface area contributed by atoms with Gasteiger partial charge in [0.15, 0.2) is 0 Å². The third-order valence-corrected chi connectivity index (χ3v) is 3.51. The Morgan fingerprint density at radius 3 is 2.74 bits per heavy atom. The van der Waals surface area contributed by atoms with E-state index in [1.807, 2.05) is 25.1 Å². The number of aliphatic hydroxyl groups is 1. The molecule has 3 heteroatoms.